The Morgan fingerprint density at radius 3 is 2.38 bits per heavy atom. The summed E-state index contributed by atoms with van der Waals surface area (Å²) in [5.74, 6) is 1.47. The molecule has 74 valence electrons. The van der Waals surface area contributed by atoms with Crippen LogP contribution < -0.4 is 5.73 Å². The molecule has 1 aromatic heterocycles. The van der Waals surface area contributed by atoms with Gasteiger partial charge in [-0.3, -0.25) is 0 Å². The van der Waals surface area contributed by atoms with Crippen LogP contribution in [0.15, 0.2) is 6.20 Å². The highest BCUT2D eigenvalue weighted by atomic mass is 15.1. The summed E-state index contributed by atoms with van der Waals surface area (Å²) in [6.07, 6.45) is 2.10. The van der Waals surface area contributed by atoms with Crippen LogP contribution >= 0.6 is 0 Å². The number of nitrogens with zero attached hydrogens (tertiary/aromatic N) is 2. The first-order chi connectivity index (χ1) is 6.06. The molecule has 1 rings (SSSR count). The molecule has 1 heterocycles. The molecule has 2 N–H and O–H groups in total. The maximum absolute atomic E-state index is 5.82. The van der Waals surface area contributed by atoms with E-state index in [2.05, 4.69) is 36.5 Å². The molecule has 0 saturated heterocycles. The van der Waals surface area contributed by atoms with E-state index in [0.717, 1.165) is 18.1 Å². The number of rotatable bonds is 3. The van der Waals surface area contributed by atoms with E-state index in [1.54, 1.807) is 0 Å². The molecular formula is C10H19N3. The summed E-state index contributed by atoms with van der Waals surface area (Å²) in [5, 5.41) is 0. The molecule has 0 amide bonds. The summed E-state index contributed by atoms with van der Waals surface area (Å²) in [6.45, 7) is 9.31. The van der Waals surface area contributed by atoms with Crippen LogP contribution in [-0.4, -0.2) is 9.55 Å². The van der Waals surface area contributed by atoms with Crippen molar-refractivity contribution in [2.75, 3.05) is 0 Å². The molecule has 0 saturated carbocycles. The first-order valence-corrected chi connectivity index (χ1v) is 4.88. The number of hydrogen-bond donors (Lipinski definition) is 1. The van der Waals surface area contributed by atoms with Crippen LogP contribution in [-0.2, 0) is 6.54 Å². The lowest BCUT2D eigenvalue weighted by Crippen LogP contribution is -2.12. The number of aryl methyl sites for hydroxylation is 1. The van der Waals surface area contributed by atoms with Crippen molar-refractivity contribution in [2.45, 2.75) is 46.2 Å². The highest BCUT2D eigenvalue weighted by molar-refractivity contribution is 5.10. The number of imidazole rings is 1. The fraction of sp³-hybridized carbons (Fsp3) is 0.700. The van der Waals surface area contributed by atoms with Gasteiger partial charge in [0, 0.05) is 12.7 Å². The van der Waals surface area contributed by atoms with Crippen molar-refractivity contribution in [2.24, 2.45) is 5.73 Å². The van der Waals surface area contributed by atoms with Crippen LogP contribution in [0.4, 0.5) is 0 Å². The van der Waals surface area contributed by atoms with E-state index >= 15 is 0 Å². The molecule has 0 spiro atoms. The van der Waals surface area contributed by atoms with Crippen LogP contribution in [0.25, 0.3) is 0 Å². The minimum atomic E-state index is 0.0208. The van der Waals surface area contributed by atoms with Gasteiger partial charge in [-0.2, -0.15) is 0 Å². The summed E-state index contributed by atoms with van der Waals surface area (Å²) < 4.78 is 2.12. The van der Waals surface area contributed by atoms with Gasteiger partial charge >= 0.3 is 0 Å². The van der Waals surface area contributed by atoms with Crippen molar-refractivity contribution in [1.82, 2.24) is 9.55 Å². The van der Waals surface area contributed by atoms with Gasteiger partial charge in [0.1, 0.15) is 5.82 Å². The largest absolute Gasteiger partial charge is 0.334 e. The first kappa shape index (κ1) is 10.3. The summed E-state index contributed by atoms with van der Waals surface area (Å²) >= 11 is 0. The standard InChI is InChI=1S/C10H19N3/c1-5-13-6-9(7(2)3)12-10(13)8(4)11/h6-8H,5,11H2,1-4H3. The molecule has 3 nitrogen and oxygen atoms in total. The Balaban J connectivity index is 3.04. The Labute approximate surface area is 80.0 Å². The Kier molecular flexibility index (Phi) is 3.09. The lowest BCUT2D eigenvalue weighted by Gasteiger charge is -2.06. The third-order valence-electron chi connectivity index (χ3n) is 2.17. The smallest absolute Gasteiger partial charge is 0.125 e. The molecular weight excluding hydrogens is 162 g/mol. The van der Waals surface area contributed by atoms with Gasteiger partial charge in [-0.05, 0) is 19.8 Å². The quantitative estimate of drug-likeness (QED) is 0.775. The first-order valence-electron chi connectivity index (χ1n) is 4.88. The third kappa shape index (κ3) is 2.10. The fourth-order valence-corrected chi connectivity index (χ4v) is 1.35. The second kappa shape index (κ2) is 3.92. The Morgan fingerprint density at radius 1 is 1.46 bits per heavy atom. The Hall–Kier alpha value is -0.830. The highest BCUT2D eigenvalue weighted by Crippen LogP contribution is 2.16. The van der Waals surface area contributed by atoms with Crippen LogP contribution in [0, 0.1) is 0 Å². The van der Waals surface area contributed by atoms with Crippen LogP contribution in [0.1, 0.15) is 51.2 Å². The number of hydrogen-bond acceptors (Lipinski definition) is 2. The lowest BCUT2D eigenvalue weighted by molar-refractivity contribution is 0.637. The minimum Gasteiger partial charge on any atom is -0.334 e. The van der Waals surface area contributed by atoms with E-state index in [1.165, 1.54) is 0 Å². The summed E-state index contributed by atoms with van der Waals surface area (Å²) in [4.78, 5) is 4.52. The van der Waals surface area contributed by atoms with Crippen molar-refractivity contribution in [3.05, 3.63) is 17.7 Å². The summed E-state index contributed by atoms with van der Waals surface area (Å²) in [7, 11) is 0. The van der Waals surface area contributed by atoms with Crippen molar-refractivity contribution in [1.29, 1.82) is 0 Å². The molecule has 0 fully saturated rings. The van der Waals surface area contributed by atoms with Crippen molar-refractivity contribution in [3.8, 4) is 0 Å². The van der Waals surface area contributed by atoms with Crippen LogP contribution in [0.3, 0.4) is 0 Å². The molecule has 1 atom stereocenters. The van der Waals surface area contributed by atoms with Gasteiger partial charge in [-0.1, -0.05) is 13.8 Å². The van der Waals surface area contributed by atoms with Gasteiger partial charge < -0.3 is 10.3 Å². The number of nitrogens with two attached hydrogens (primary N) is 1. The predicted octanol–water partition coefficient (Wildman–Crippen LogP) is 2.05. The zero-order valence-corrected chi connectivity index (χ0v) is 8.91. The van der Waals surface area contributed by atoms with Gasteiger partial charge in [0.2, 0.25) is 0 Å². The lowest BCUT2D eigenvalue weighted by atomic mass is 10.2. The average molecular weight is 181 g/mol. The normalized spacial score (nSPS) is 13.7. The second-order valence-electron chi connectivity index (χ2n) is 3.75. The Morgan fingerprint density at radius 2 is 2.08 bits per heavy atom. The van der Waals surface area contributed by atoms with E-state index in [9.17, 15) is 0 Å². The number of aromatic nitrogens is 2. The average Bonchev–Trinajstić information content (AvgIpc) is 2.47. The molecule has 0 aliphatic heterocycles. The fourth-order valence-electron chi connectivity index (χ4n) is 1.35. The van der Waals surface area contributed by atoms with Crippen LogP contribution in [0.5, 0.6) is 0 Å². The molecule has 3 heteroatoms. The van der Waals surface area contributed by atoms with E-state index in [1.807, 2.05) is 6.92 Å². The van der Waals surface area contributed by atoms with Gasteiger partial charge in [0.15, 0.2) is 0 Å². The molecule has 13 heavy (non-hydrogen) atoms. The molecule has 0 bridgehead atoms. The second-order valence-corrected chi connectivity index (χ2v) is 3.75. The topological polar surface area (TPSA) is 43.8 Å². The zero-order chi connectivity index (χ0) is 10.0. The monoisotopic (exact) mass is 181 g/mol. The maximum Gasteiger partial charge on any atom is 0.125 e. The van der Waals surface area contributed by atoms with Gasteiger partial charge in [-0.25, -0.2) is 4.98 Å². The molecule has 0 radical (unpaired) electrons. The molecule has 1 unspecified atom stereocenters. The van der Waals surface area contributed by atoms with Crippen molar-refractivity contribution >= 4 is 0 Å². The van der Waals surface area contributed by atoms with E-state index in [4.69, 9.17) is 5.73 Å². The van der Waals surface area contributed by atoms with Crippen molar-refractivity contribution in [3.63, 3.8) is 0 Å². The van der Waals surface area contributed by atoms with Crippen LogP contribution in [0.2, 0.25) is 0 Å². The molecule has 0 aromatic carbocycles. The maximum atomic E-state index is 5.82. The van der Waals surface area contributed by atoms with E-state index in [-0.39, 0.29) is 6.04 Å². The summed E-state index contributed by atoms with van der Waals surface area (Å²) in [5.41, 5.74) is 6.95. The summed E-state index contributed by atoms with van der Waals surface area (Å²) in [6, 6.07) is 0.0208. The third-order valence-corrected chi connectivity index (χ3v) is 2.17. The van der Waals surface area contributed by atoms with Gasteiger partial charge in [0.25, 0.3) is 0 Å². The molecule has 0 aliphatic carbocycles. The SMILES string of the molecule is CCn1cc(C(C)C)nc1C(C)N. The molecule has 1 aromatic rings. The van der Waals surface area contributed by atoms with Gasteiger partial charge in [0.05, 0.1) is 11.7 Å². The highest BCUT2D eigenvalue weighted by Gasteiger charge is 2.11. The predicted molar refractivity (Wildman–Crippen MR) is 54.6 cm³/mol. The Bertz CT molecular complexity index is 274. The van der Waals surface area contributed by atoms with Crippen molar-refractivity contribution < 1.29 is 0 Å². The van der Waals surface area contributed by atoms with E-state index in [0.29, 0.717) is 5.92 Å². The zero-order valence-electron chi connectivity index (χ0n) is 8.91. The van der Waals surface area contributed by atoms with E-state index < -0.39 is 0 Å². The van der Waals surface area contributed by atoms with Gasteiger partial charge in [-0.15, -0.1) is 0 Å². The minimum absolute atomic E-state index is 0.0208. The molecule has 0 aliphatic rings.